The minimum atomic E-state index is 1.28. The number of rotatable bonds is 3. The average Bonchev–Trinajstić information content (AvgIpc) is 2.97. The maximum Gasteiger partial charge on any atom is 0.0121 e. The highest BCUT2D eigenvalue weighted by Gasteiger charge is 2.14. The van der Waals surface area contributed by atoms with E-state index in [1.165, 1.54) is 57.3 Å². The summed E-state index contributed by atoms with van der Waals surface area (Å²) in [7, 11) is 0. The Morgan fingerprint density at radius 2 is 2.06 bits per heavy atom. The molecule has 1 aromatic heterocycles. The summed E-state index contributed by atoms with van der Waals surface area (Å²) in [6.45, 7) is 3.94. The monoisotopic (exact) mass is 233 g/mol. The first-order valence-corrected chi connectivity index (χ1v) is 7.28. The largest absolute Gasteiger partial charge is 0.303 e. The third-order valence-electron chi connectivity index (χ3n) is 3.76. The van der Waals surface area contributed by atoms with Crippen LogP contribution in [0.15, 0.2) is 17.0 Å². The first-order chi connectivity index (χ1) is 7.92. The van der Waals surface area contributed by atoms with Crippen LogP contribution in [0, 0.1) is 0 Å². The van der Waals surface area contributed by atoms with Gasteiger partial charge in [0.25, 0.3) is 0 Å². The second-order valence-corrected chi connectivity index (χ2v) is 5.90. The number of nitrogens with zero attached hydrogens (tertiary/aromatic N) is 1. The van der Waals surface area contributed by atoms with E-state index < -0.39 is 0 Å². The number of hydrogen-bond donors (Lipinski definition) is 0. The first kappa shape index (κ1) is 10.5. The molecule has 16 heavy (non-hydrogen) atoms. The standard InChI is InChI=1S/C14H19NS/c1-2-8-15(7-1)9-5-12-3-4-14-13(11-12)6-10-16-14/h6,10-11H,1-5,7-9H2. The van der Waals surface area contributed by atoms with Gasteiger partial charge in [-0.2, -0.15) is 0 Å². The lowest BCUT2D eigenvalue weighted by molar-refractivity contribution is 0.342. The van der Waals surface area contributed by atoms with Crippen molar-refractivity contribution in [2.24, 2.45) is 0 Å². The highest BCUT2D eigenvalue weighted by atomic mass is 32.1. The Bertz CT molecular complexity index is 385. The van der Waals surface area contributed by atoms with E-state index in [1.54, 1.807) is 10.5 Å². The van der Waals surface area contributed by atoms with E-state index in [0.29, 0.717) is 0 Å². The molecule has 0 amide bonds. The van der Waals surface area contributed by atoms with Crippen molar-refractivity contribution in [3.63, 3.8) is 0 Å². The van der Waals surface area contributed by atoms with Gasteiger partial charge in [0.2, 0.25) is 0 Å². The van der Waals surface area contributed by atoms with Crippen LogP contribution in [0.2, 0.25) is 0 Å². The highest BCUT2D eigenvalue weighted by Crippen LogP contribution is 2.29. The maximum atomic E-state index is 2.62. The average molecular weight is 233 g/mol. The molecule has 1 saturated heterocycles. The Morgan fingerprint density at radius 1 is 1.19 bits per heavy atom. The van der Waals surface area contributed by atoms with Crippen molar-refractivity contribution >= 4 is 17.4 Å². The van der Waals surface area contributed by atoms with Crippen molar-refractivity contribution in [1.29, 1.82) is 0 Å². The number of likely N-dealkylation sites (tertiary alicyclic amines) is 1. The van der Waals surface area contributed by atoms with Gasteiger partial charge in [-0.1, -0.05) is 11.6 Å². The molecule has 0 spiro atoms. The zero-order chi connectivity index (χ0) is 10.8. The molecule has 1 nitrogen and oxygen atoms in total. The molecule has 1 aliphatic carbocycles. The second kappa shape index (κ2) is 4.72. The number of aryl methyl sites for hydroxylation is 1. The smallest absolute Gasteiger partial charge is 0.0121 e. The van der Waals surface area contributed by atoms with Gasteiger partial charge in [0.1, 0.15) is 0 Å². The van der Waals surface area contributed by atoms with E-state index in [-0.39, 0.29) is 0 Å². The van der Waals surface area contributed by atoms with Crippen molar-refractivity contribution in [3.8, 4) is 0 Å². The van der Waals surface area contributed by atoms with Crippen LogP contribution in [0.3, 0.4) is 0 Å². The third kappa shape index (κ3) is 2.23. The van der Waals surface area contributed by atoms with Gasteiger partial charge in [-0.15, -0.1) is 11.3 Å². The van der Waals surface area contributed by atoms with Crippen LogP contribution in [0.1, 0.15) is 36.1 Å². The summed E-state index contributed by atoms with van der Waals surface area (Å²) in [4.78, 5) is 4.20. The highest BCUT2D eigenvalue weighted by molar-refractivity contribution is 7.10. The van der Waals surface area contributed by atoms with Crippen molar-refractivity contribution in [1.82, 2.24) is 4.90 Å². The quantitative estimate of drug-likeness (QED) is 0.771. The van der Waals surface area contributed by atoms with Crippen LogP contribution < -0.4 is 0 Å². The van der Waals surface area contributed by atoms with E-state index in [1.807, 2.05) is 11.3 Å². The summed E-state index contributed by atoms with van der Waals surface area (Å²) in [5.74, 6) is 0. The second-order valence-electron chi connectivity index (χ2n) is 4.90. The first-order valence-electron chi connectivity index (χ1n) is 6.40. The molecule has 1 aliphatic heterocycles. The van der Waals surface area contributed by atoms with Crippen LogP contribution in [0.5, 0.6) is 0 Å². The molecule has 2 heteroatoms. The SMILES string of the molecule is C1=C(CCN2CCCC2)CCc2sccc21. The van der Waals surface area contributed by atoms with E-state index in [0.717, 1.165) is 0 Å². The summed E-state index contributed by atoms with van der Waals surface area (Å²) in [6, 6.07) is 2.27. The summed E-state index contributed by atoms with van der Waals surface area (Å²) >= 11 is 1.92. The van der Waals surface area contributed by atoms with Gasteiger partial charge in [-0.3, -0.25) is 0 Å². The molecule has 0 saturated carbocycles. The minimum absolute atomic E-state index is 1.28. The van der Waals surface area contributed by atoms with Crippen LogP contribution in [-0.4, -0.2) is 24.5 Å². The van der Waals surface area contributed by atoms with Gasteiger partial charge in [0, 0.05) is 11.4 Å². The Kier molecular flexibility index (Phi) is 3.11. The molecule has 2 heterocycles. The van der Waals surface area contributed by atoms with Gasteiger partial charge < -0.3 is 4.90 Å². The zero-order valence-electron chi connectivity index (χ0n) is 9.74. The molecule has 0 aromatic carbocycles. The van der Waals surface area contributed by atoms with Crippen molar-refractivity contribution in [3.05, 3.63) is 27.5 Å². The number of thiophene rings is 1. The van der Waals surface area contributed by atoms with Gasteiger partial charge >= 0.3 is 0 Å². The normalized spacial score (nSPS) is 20.9. The fourth-order valence-corrected chi connectivity index (χ4v) is 3.62. The van der Waals surface area contributed by atoms with E-state index in [2.05, 4.69) is 22.4 Å². The Hall–Kier alpha value is -0.600. The zero-order valence-corrected chi connectivity index (χ0v) is 10.6. The molecular formula is C14H19NS. The van der Waals surface area contributed by atoms with Crippen LogP contribution in [0.25, 0.3) is 6.08 Å². The van der Waals surface area contributed by atoms with Crippen LogP contribution >= 0.6 is 11.3 Å². The van der Waals surface area contributed by atoms with Gasteiger partial charge in [0.05, 0.1) is 0 Å². The van der Waals surface area contributed by atoms with E-state index in [9.17, 15) is 0 Å². The molecular weight excluding hydrogens is 214 g/mol. The predicted molar refractivity (Wildman–Crippen MR) is 70.9 cm³/mol. The molecule has 3 rings (SSSR count). The van der Waals surface area contributed by atoms with Gasteiger partial charge in [-0.05, 0) is 62.2 Å². The fraction of sp³-hybridized carbons (Fsp3) is 0.571. The summed E-state index contributed by atoms with van der Waals surface area (Å²) in [5, 5.41) is 2.23. The molecule has 0 unspecified atom stereocenters. The van der Waals surface area contributed by atoms with Crippen molar-refractivity contribution < 1.29 is 0 Å². The van der Waals surface area contributed by atoms with Crippen LogP contribution in [0.4, 0.5) is 0 Å². The van der Waals surface area contributed by atoms with Gasteiger partial charge in [-0.25, -0.2) is 0 Å². The molecule has 0 atom stereocenters. The fourth-order valence-electron chi connectivity index (χ4n) is 2.75. The van der Waals surface area contributed by atoms with Gasteiger partial charge in [0.15, 0.2) is 0 Å². The minimum Gasteiger partial charge on any atom is -0.303 e. The molecule has 1 fully saturated rings. The molecule has 0 bridgehead atoms. The molecule has 0 radical (unpaired) electrons. The summed E-state index contributed by atoms with van der Waals surface area (Å²) in [6.07, 6.45) is 9.11. The molecule has 86 valence electrons. The lowest BCUT2D eigenvalue weighted by Crippen LogP contribution is -2.21. The topological polar surface area (TPSA) is 3.24 Å². The number of fused-ring (bicyclic) bond motifs is 1. The number of hydrogen-bond acceptors (Lipinski definition) is 2. The van der Waals surface area contributed by atoms with Crippen LogP contribution in [-0.2, 0) is 6.42 Å². The molecule has 2 aliphatic rings. The predicted octanol–water partition coefficient (Wildman–Crippen LogP) is 3.56. The Balaban J connectivity index is 1.59. The van der Waals surface area contributed by atoms with Crippen molar-refractivity contribution in [2.75, 3.05) is 19.6 Å². The maximum absolute atomic E-state index is 2.62. The van der Waals surface area contributed by atoms with E-state index in [4.69, 9.17) is 0 Å². The lowest BCUT2D eigenvalue weighted by Gasteiger charge is -2.18. The third-order valence-corrected chi connectivity index (χ3v) is 4.76. The van der Waals surface area contributed by atoms with E-state index >= 15 is 0 Å². The Labute approximate surface area is 102 Å². The summed E-state index contributed by atoms with van der Waals surface area (Å²) < 4.78 is 0. The molecule has 0 N–H and O–H groups in total. The molecule has 1 aromatic rings. The van der Waals surface area contributed by atoms with Crippen molar-refractivity contribution in [2.45, 2.75) is 32.1 Å². The Morgan fingerprint density at radius 3 is 2.94 bits per heavy atom. The summed E-state index contributed by atoms with van der Waals surface area (Å²) in [5.41, 5.74) is 3.16. The lowest BCUT2D eigenvalue weighted by atomic mass is 9.96.